The topological polar surface area (TPSA) is 61.4 Å². The number of piperidine rings is 1. The molecule has 104 valence electrons. The molecule has 2 unspecified atom stereocenters. The minimum Gasteiger partial charge on any atom is -0.393 e. The number of amides is 1. The van der Waals surface area contributed by atoms with Gasteiger partial charge in [0.1, 0.15) is 0 Å². The standard InChI is InChI=1S/C14H26N2O2/c1-2-14(6-8-15-9-7-14)13(18)16-11-4-3-5-12(17)10-11/h11-12,15,17H,2-10H2,1H3,(H,16,18). The van der Waals surface area contributed by atoms with Crippen molar-refractivity contribution in [3.63, 3.8) is 0 Å². The zero-order valence-electron chi connectivity index (χ0n) is 11.4. The van der Waals surface area contributed by atoms with E-state index in [0.717, 1.165) is 58.0 Å². The van der Waals surface area contributed by atoms with Crippen LogP contribution in [0, 0.1) is 5.41 Å². The summed E-state index contributed by atoms with van der Waals surface area (Å²) in [6.45, 7) is 3.99. The molecule has 4 nitrogen and oxygen atoms in total. The fourth-order valence-electron chi connectivity index (χ4n) is 3.28. The third-order valence-corrected chi connectivity index (χ3v) is 4.70. The normalized spacial score (nSPS) is 31.9. The van der Waals surface area contributed by atoms with Crippen molar-refractivity contribution in [3.8, 4) is 0 Å². The zero-order valence-corrected chi connectivity index (χ0v) is 11.4. The van der Waals surface area contributed by atoms with E-state index >= 15 is 0 Å². The van der Waals surface area contributed by atoms with Gasteiger partial charge >= 0.3 is 0 Å². The molecule has 0 aromatic rings. The molecule has 2 atom stereocenters. The summed E-state index contributed by atoms with van der Waals surface area (Å²) >= 11 is 0. The van der Waals surface area contributed by atoms with Crippen LogP contribution in [0.4, 0.5) is 0 Å². The van der Waals surface area contributed by atoms with Crippen molar-refractivity contribution in [2.45, 2.75) is 64.0 Å². The SMILES string of the molecule is CCC1(C(=O)NC2CCCC(O)C2)CCNCC1. The first-order chi connectivity index (χ1) is 8.66. The molecule has 18 heavy (non-hydrogen) atoms. The Hall–Kier alpha value is -0.610. The van der Waals surface area contributed by atoms with Crippen molar-refractivity contribution in [1.29, 1.82) is 0 Å². The molecule has 1 amide bonds. The highest BCUT2D eigenvalue weighted by molar-refractivity contribution is 5.83. The van der Waals surface area contributed by atoms with Crippen LogP contribution in [0.1, 0.15) is 51.9 Å². The number of carbonyl (C=O) groups is 1. The summed E-state index contributed by atoms with van der Waals surface area (Å²) in [7, 11) is 0. The van der Waals surface area contributed by atoms with Gasteiger partial charge in [0.15, 0.2) is 0 Å². The average molecular weight is 254 g/mol. The van der Waals surface area contributed by atoms with Crippen LogP contribution in [0.25, 0.3) is 0 Å². The third-order valence-electron chi connectivity index (χ3n) is 4.70. The lowest BCUT2D eigenvalue weighted by Gasteiger charge is -2.37. The average Bonchev–Trinajstić information content (AvgIpc) is 2.39. The summed E-state index contributed by atoms with van der Waals surface area (Å²) in [4.78, 5) is 12.5. The summed E-state index contributed by atoms with van der Waals surface area (Å²) in [6, 6.07) is 0.180. The Kier molecular flexibility index (Phi) is 4.62. The molecule has 1 aliphatic heterocycles. The van der Waals surface area contributed by atoms with Crippen molar-refractivity contribution < 1.29 is 9.90 Å². The lowest BCUT2D eigenvalue weighted by Crippen LogP contribution is -2.51. The number of carbonyl (C=O) groups excluding carboxylic acids is 1. The van der Waals surface area contributed by atoms with Crippen LogP contribution in [-0.4, -0.2) is 36.2 Å². The Morgan fingerprint density at radius 1 is 1.39 bits per heavy atom. The smallest absolute Gasteiger partial charge is 0.226 e. The number of aliphatic hydroxyl groups excluding tert-OH is 1. The second-order valence-corrected chi connectivity index (χ2v) is 5.87. The first-order valence-electron chi connectivity index (χ1n) is 7.36. The van der Waals surface area contributed by atoms with Crippen LogP contribution in [0.3, 0.4) is 0 Å². The molecule has 3 N–H and O–H groups in total. The number of aliphatic hydroxyl groups is 1. The molecule has 0 spiro atoms. The van der Waals surface area contributed by atoms with Gasteiger partial charge in [-0.3, -0.25) is 4.79 Å². The van der Waals surface area contributed by atoms with E-state index in [2.05, 4.69) is 17.6 Å². The molecule has 0 bridgehead atoms. The van der Waals surface area contributed by atoms with Crippen LogP contribution >= 0.6 is 0 Å². The summed E-state index contributed by atoms with van der Waals surface area (Å²) in [6.07, 6.45) is 6.20. The molecule has 0 aromatic carbocycles. The van der Waals surface area contributed by atoms with Crippen LogP contribution in [0.5, 0.6) is 0 Å². The van der Waals surface area contributed by atoms with E-state index in [9.17, 15) is 9.90 Å². The lowest BCUT2D eigenvalue weighted by molar-refractivity contribution is -0.134. The van der Waals surface area contributed by atoms with E-state index in [0.29, 0.717) is 0 Å². The van der Waals surface area contributed by atoms with E-state index in [1.807, 2.05) is 0 Å². The molecule has 0 radical (unpaired) electrons. The van der Waals surface area contributed by atoms with Crippen LogP contribution < -0.4 is 10.6 Å². The summed E-state index contributed by atoms with van der Waals surface area (Å²) in [5.74, 6) is 0.214. The molecule has 1 saturated heterocycles. The van der Waals surface area contributed by atoms with E-state index in [4.69, 9.17) is 0 Å². The highest BCUT2D eigenvalue weighted by Crippen LogP contribution is 2.33. The fraction of sp³-hybridized carbons (Fsp3) is 0.929. The van der Waals surface area contributed by atoms with Gasteiger partial charge in [-0.2, -0.15) is 0 Å². The van der Waals surface area contributed by atoms with Gasteiger partial charge in [-0.25, -0.2) is 0 Å². The maximum absolute atomic E-state index is 12.5. The summed E-state index contributed by atoms with van der Waals surface area (Å²) in [5.41, 5.74) is -0.173. The minimum atomic E-state index is -0.227. The number of hydrogen-bond acceptors (Lipinski definition) is 3. The molecule has 1 aliphatic carbocycles. The second kappa shape index (κ2) is 6.02. The zero-order chi connectivity index (χ0) is 13.0. The monoisotopic (exact) mass is 254 g/mol. The molecular formula is C14H26N2O2. The Labute approximate surface area is 110 Å². The van der Waals surface area contributed by atoms with Gasteiger partial charge in [0.05, 0.1) is 11.5 Å². The van der Waals surface area contributed by atoms with E-state index in [1.54, 1.807) is 0 Å². The first-order valence-corrected chi connectivity index (χ1v) is 7.36. The Bertz CT molecular complexity index is 288. The van der Waals surface area contributed by atoms with Crippen LogP contribution in [-0.2, 0) is 4.79 Å². The molecule has 4 heteroatoms. The van der Waals surface area contributed by atoms with Crippen LogP contribution in [0.2, 0.25) is 0 Å². The predicted octanol–water partition coefficient (Wildman–Crippen LogP) is 1.19. The van der Waals surface area contributed by atoms with Gasteiger partial charge in [-0.15, -0.1) is 0 Å². The second-order valence-electron chi connectivity index (χ2n) is 5.87. The number of rotatable bonds is 3. The largest absolute Gasteiger partial charge is 0.393 e. The van der Waals surface area contributed by atoms with Crippen molar-refractivity contribution in [3.05, 3.63) is 0 Å². The van der Waals surface area contributed by atoms with Gasteiger partial charge in [0, 0.05) is 6.04 Å². The highest BCUT2D eigenvalue weighted by Gasteiger charge is 2.38. The molecule has 2 rings (SSSR count). The van der Waals surface area contributed by atoms with Gasteiger partial charge in [-0.1, -0.05) is 6.92 Å². The molecule has 2 fully saturated rings. The van der Waals surface area contributed by atoms with Gasteiger partial charge < -0.3 is 15.7 Å². The maximum atomic E-state index is 12.5. The van der Waals surface area contributed by atoms with Crippen LogP contribution in [0.15, 0.2) is 0 Å². The summed E-state index contributed by atoms with van der Waals surface area (Å²) < 4.78 is 0. The van der Waals surface area contributed by atoms with Crippen molar-refractivity contribution in [1.82, 2.24) is 10.6 Å². The number of hydrogen-bond donors (Lipinski definition) is 3. The highest BCUT2D eigenvalue weighted by atomic mass is 16.3. The third kappa shape index (κ3) is 3.04. The van der Waals surface area contributed by atoms with Gasteiger partial charge in [-0.05, 0) is 58.0 Å². The van der Waals surface area contributed by atoms with Gasteiger partial charge in [0.25, 0.3) is 0 Å². The Balaban J connectivity index is 1.92. The van der Waals surface area contributed by atoms with E-state index in [1.165, 1.54) is 0 Å². The fourth-order valence-corrected chi connectivity index (χ4v) is 3.28. The molecule has 0 aromatic heterocycles. The first kappa shape index (κ1) is 13.8. The lowest BCUT2D eigenvalue weighted by atomic mass is 9.75. The Morgan fingerprint density at radius 2 is 2.11 bits per heavy atom. The molecule has 1 saturated carbocycles. The predicted molar refractivity (Wildman–Crippen MR) is 71.2 cm³/mol. The molecule has 1 heterocycles. The Morgan fingerprint density at radius 3 is 2.72 bits per heavy atom. The molecule has 2 aliphatic rings. The summed E-state index contributed by atoms with van der Waals surface area (Å²) in [5, 5.41) is 16.2. The molecular weight excluding hydrogens is 228 g/mol. The van der Waals surface area contributed by atoms with E-state index < -0.39 is 0 Å². The quantitative estimate of drug-likeness (QED) is 0.709. The van der Waals surface area contributed by atoms with Crippen molar-refractivity contribution in [2.24, 2.45) is 5.41 Å². The van der Waals surface area contributed by atoms with Crippen molar-refractivity contribution >= 4 is 5.91 Å². The minimum absolute atomic E-state index is 0.173. The van der Waals surface area contributed by atoms with Crippen molar-refractivity contribution in [2.75, 3.05) is 13.1 Å². The van der Waals surface area contributed by atoms with Gasteiger partial charge in [0.2, 0.25) is 5.91 Å². The number of nitrogens with one attached hydrogen (secondary N) is 2. The van der Waals surface area contributed by atoms with E-state index in [-0.39, 0.29) is 23.5 Å². The maximum Gasteiger partial charge on any atom is 0.226 e.